The van der Waals surface area contributed by atoms with Crippen LogP contribution in [-0.4, -0.2) is 11.6 Å². The van der Waals surface area contributed by atoms with Crippen LogP contribution in [0.1, 0.15) is 5.56 Å². The van der Waals surface area contributed by atoms with E-state index in [0.29, 0.717) is 12.4 Å². The van der Waals surface area contributed by atoms with Gasteiger partial charge in [0.15, 0.2) is 0 Å². The smallest absolute Gasteiger partial charge is 0.126 e. The molecule has 0 saturated heterocycles. The largest absolute Gasteiger partial charge is 0.493 e. The second-order valence-electron chi connectivity index (χ2n) is 3.60. The van der Waals surface area contributed by atoms with Gasteiger partial charge in [0.25, 0.3) is 0 Å². The highest BCUT2D eigenvalue weighted by atomic mass is 79.9. The van der Waals surface area contributed by atoms with Crippen molar-refractivity contribution in [2.75, 3.05) is 12.3 Å². The summed E-state index contributed by atoms with van der Waals surface area (Å²) in [5.41, 5.74) is 6.77. The Bertz CT molecular complexity index is 502. The molecule has 0 radical (unpaired) electrons. The molecule has 3 nitrogen and oxygen atoms in total. The second kappa shape index (κ2) is 5.68. The maximum absolute atomic E-state index is 5.75. The van der Waals surface area contributed by atoms with Crippen LogP contribution in [-0.2, 0) is 6.42 Å². The van der Waals surface area contributed by atoms with E-state index in [-0.39, 0.29) is 0 Å². The second-order valence-corrected chi connectivity index (χ2v) is 4.52. The molecule has 2 N–H and O–H groups in total. The van der Waals surface area contributed by atoms with Gasteiger partial charge in [-0.05, 0) is 29.8 Å². The zero-order valence-corrected chi connectivity index (χ0v) is 10.9. The Kier molecular flexibility index (Phi) is 3.98. The normalized spacial score (nSPS) is 10.2. The van der Waals surface area contributed by atoms with Crippen LogP contribution in [0.4, 0.5) is 5.82 Å². The number of halogens is 1. The number of aromatic nitrogens is 1. The molecule has 4 heteroatoms. The van der Waals surface area contributed by atoms with Crippen molar-refractivity contribution in [2.24, 2.45) is 0 Å². The number of ether oxygens (including phenoxy) is 1. The van der Waals surface area contributed by atoms with Gasteiger partial charge in [0, 0.05) is 17.1 Å². The number of nitrogens with two attached hydrogens (primary N) is 1. The summed E-state index contributed by atoms with van der Waals surface area (Å²) in [6.45, 7) is 0.590. The van der Waals surface area contributed by atoms with Gasteiger partial charge < -0.3 is 10.5 Å². The number of nitrogen functional groups attached to an aromatic ring is 1. The maximum atomic E-state index is 5.75. The van der Waals surface area contributed by atoms with Gasteiger partial charge in [-0.1, -0.05) is 28.1 Å². The Hall–Kier alpha value is -1.55. The van der Waals surface area contributed by atoms with Crippen molar-refractivity contribution in [1.82, 2.24) is 4.98 Å². The van der Waals surface area contributed by atoms with Crippen LogP contribution in [0.25, 0.3) is 0 Å². The van der Waals surface area contributed by atoms with Crippen molar-refractivity contribution in [3.05, 3.63) is 52.6 Å². The third kappa shape index (κ3) is 3.46. The molecule has 2 aromatic rings. The fourth-order valence-electron chi connectivity index (χ4n) is 1.50. The van der Waals surface area contributed by atoms with E-state index < -0.39 is 0 Å². The third-order valence-corrected chi connectivity index (χ3v) is 2.86. The number of hydrogen-bond acceptors (Lipinski definition) is 3. The van der Waals surface area contributed by atoms with Gasteiger partial charge in [-0.15, -0.1) is 0 Å². The summed E-state index contributed by atoms with van der Waals surface area (Å²) in [6.07, 6.45) is 2.44. The Balaban J connectivity index is 1.90. The summed E-state index contributed by atoms with van der Waals surface area (Å²) >= 11 is 3.40. The van der Waals surface area contributed by atoms with E-state index in [4.69, 9.17) is 10.5 Å². The van der Waals surface area contributed by atoms with Crippen LogP contribution in [0.15, 0.2) is 47.1 Å². The predicted octanol–water partition coefficient (Wildman–Crippen LogP) is 3.05. The van der Waals surface area contributed by atoms with Gasteiger partial charge >= 0.3 is 0 Å². The molecule has 1 heterocycles. The first-order valence-electron chi connectivity index (χ1n) is 5.33. The minimum absolute atomic E-state index is 0.574. The summed E-state index contributed by atoms with van der Waals surface area (Å²) in [6, 6.07) is 11.6. The van der Waals surface area contributed by atoms with Crippen LogP contribution in [0.2, 0.25) is 0 Å². The molecule has 0 aliphatic carbocycles. The van der Waals surface area contributed by atoms with Gasteiger partial charge in [-0.2, -0.15) is 0 Å². The zero-order valence-electron chi connectivity index (χ0n) is 9.27. The van der Waals surface area contributed by atoms with E-state index in [2.05, 4.69) is 20.9 Å². The highest BCUT2D eigenvalue weighted by molar-refractivity contribution is 9.10. The number of benzene rings is 1. The molecular formula is C13H13BrN2O. The van der Waals surface area contributed by atoms with Crippen LogP contribution < -0.4 is 10.5 Å². The number of hydrogen-bond donors (Lipinski definition) is 1. The molecule has 1 aromatic carbocycles. The summed E-state index contributed by atoms with van der Waals surface area (Å²) in [5, 5.41) is 0. The highest BCUT2D eigenvalue weighted by Crippen LogP contribution is 2.18. The molecule has 0 atom stereocenters. The molecule has 0 saturated carbocycles. The molecule has 0 fully saturated rings. The van der Waals surface area contributed by atoms with Crippen molar-refractivity contribution in [3.63, 3.8) is 0 Å². The quantitative estimate of drug-likeness (QED) is 0.942. The SMILES string of the molecule is Nc1ncccc1CCOc1cccc(Br)c1. The number of anilines is 1. The fraction of sp³-hybridized carbons (Fsp3) is 0.154. The molecular weight excluding hydrogens is 280 g/mol. The minimum atomic E-state index is 0.574. The number of rotatable bonds is 4. The summed E-state index contributed by atoms with van der Waals surface area (Å²) in [4.78, 5) is 4.03. The molecule has 0 bridgehead atoms. The van der Waals surface area contributed by atoms with Gasteiger partial charge in [0.2, 0.25) is 0 Å². The molecule has 88 valence electrons. The Morgan fingerprint density at radius 1 is 1.24 bits per heavy atom. The van der Waals surface area contributed by atoms with Crippen molar-refractivity contribution in [2.45, 2.75) is 6.42 Å². The molecule has 1 aromatic heterocycles. The van der Waals surface area contributed by atoms with Crippen LogP contribution >= 0.6 is 15.9 Å². The van der Waals surface area contributed by atoms with E-state index in [1.165, 1.54) is 0 Å². The molecule has 2 rings (SSSR count). The van der Waals surface area contributed by atoms with E-state index in [9.17, 15) is 0 Å². The first kappa shape index (κ1) is 11.9. The van der Waals surface area contributed by atoms with Crippen molar-refractivity contribution in [3.8, 4) is 5.75 Å². The molecule has 0 unspecified atom stereocenters. The van der Waals surface area contributed by atoms with E-state index >= 15 is 0 Å². The van der Waals surface area contributed by atoms with Crippen molar-refractivity contribution in [1.29, 1.82) is 0 Å². The first-order chi connectivity index (χ1) is 8.25. The molecule has 0 aliphatic heterocycles. The Morgan fingerprint density at radius 3 is 2.88 bits per heavy atom. The van der Waals surface area contributed by atoms with Crippen molar-refractivity contribution < 1.29 is 4.74 Å². The van der Waals surface area contributed by atoms with Gasteiger partial charge in [-0.25, -0.2) is 4.98 Å². The van der Waals surface area contributed by atoms with Crippen LogP contribution in [0.5, 0.6) is 5.75 Å². The van der Waals surface area contributed by atoms with Crippen LogP contribution in [0, 0.1) is 0 Å². The zero-order chi connectivity index (χ0) is 12.1. The average molecular weight is 293 g/mol. The summed E-state index contributed by atoms with van der Waals surface area (Å²) < 4.78 is 6.64. The molecule has 0 aliphatic rings. The lowest BCUT2D eigenvalue weighted by molar-refractivity contribution is 0.322. The Morgan fingerprint density at radius 2 is 2.12 bits per heavy atom. The average Bonchev–Trinajstić information content (AvgIpc) is 2.32. The summed E-state index contributed by atoms with van der Waals surface area (Å²) in [5.74, 6) is 1.42. The van der Waals surface area contributed by atoms with Gasteiger partial charge in [0.05, 0.1) is 6.61 Å². The Labute approximate surface area is 109 Å². The predicted molar refractivity (Wildman–Crippen MR) is 72.0 cm³/mol. The lowest BCUT2D eigenvalue weighted by atomic mass is 10.2. The highest BCUT2D eigenvalue weighted by Gasteiger charge is 2.00. The third-order valence-electron chi connectivity index (χ3n) is 2.36. The molecule has 0 spiro atoms. The lowest BCUT2D eigenvalue weighted by Gasteiger charge is -2.07. The van der Waals surface area contributed by atoms with Crippen LogP contribution in [0.3, 0.4) is 0 Å². The standard InChI is InChI=1S/C13H13BrN2O/c14-11-4-1-5-12(9-11)17-8-6-10-3-2-7-16-13(10)15/h1-5,7,9H,6,8H2,(H2,15,16). The van der Waals surface area contributed by atoms with Gasteiger partial charge in [0.1, 0.15) is 11.6 Å². The molecule has 0 amide bonds. The maximum Gasteiger partial charge on any atom is 0.126 e. The number of pyridine rings is 1. The van der Waals surface area contributed by atoms with E-state index in [1.54, 1.807) is 6.20 Å². The minimum Gasteiger partial charge on any atom is -0.493 e. The monoisotopic (exact) mass is 292 g/mol. The number of nitrogens with zero attached hydrogens (tertiary/aromatic N) is 1. The van der Waals surface area contributed by atoms with E-state index in [1.807, 2.05) is 36.4 Å². The van der Waals surface area contributed by atoms with Crippen molar-refractivity contribution >= 4 is 21.7 Å². The lowest BCUT2D eigenvalue weighted by Crippen LogP contribution is -2.04. The topological polar surface area (TPSA) is 48.1 Å². The first-order valence-corrected chi connectivity index (χ1v) is 6.13. The molecule has 17 heavy (non-hydrogen) atoms. The van der Waals surface area contributed by atoms with E-state index in [0.717, 1.165) is 22.2 Å². The fourth-order valence-corrected chi connectivity index (χ4v) is 1.88. The van der Waals surface area contributed by atoms with Gasteiger partial charge in [-0.3, -0.25) is 0 Å². The summed E-state index contributed by atoms with van der Waals surface area (Å²) in [7, 11) is 0.